The lowest BCUT2D eigenvalue weighted by Crippen LogP contribution is -2.20. The van der Waals surface area contributed by atoms with Gasteiger partial charge in [-0.3, -0.25) is 4.79 Å². The van der Waals surface area contributed by atoms with Gasteiger partial charge in [0, 0.05) is 13.5 Å². The summed E-state index contributed by atoms with van der Waals surface area (Å²) in [6.45, 7) is 2.41. The highest BCUT2D eigenvalue weighted by Crippen LogP contribution is 2.29. The molecule has 1 aliphatic carbocycles. The molecule has 17 heavy (non-hydrogen) atoms. The molecule has 0 saturated carbocycles. The van der Waals surface area contributed by atoms with E-state index in [0.29, 0.717) is 0 Å². The summed E-state index contributed by atoms with van der Waals surface area (Å²) in [5.74, 6) is 0.906. The highest BCUT2D eigenvalue weighted by atomic mass is 16.1. The minimum Gasteiger partial charge on any atom is -0.356 e. The van der Waals surface area contributed by atoms with Gasteiger partial charge >= 0.3 is 0 Å². The summed E-state index contributed by atoms with van der Waals surface area (Å²) in [5, 5.41) is 2.85. The van der Waals surface area contributed by atoms with Crippen LogP contribution in [0.25, 0.3) is 0 Å². The minimum absolute atomic E-state index is 0.0817. The van der Waals surface area contributed by atoms with Crippen LogP contribution in [0, 0.1) is 5.92 Å². The van der Waals surface area contributed by atoms with Crippen molar-refractivity contribution in [1.29, 1.82) is 0 Å². The highest BCUT2D eigenvalue weighted by Gasteiger charge is 2.19. The fourth-order valence-corrected chi connectivity index (χ4v) is 2.68. The Bertz CT molecular complexity index is 361. The smallest absolute Gasteiger partial charge is 0.216 e. The number of rotatable bonds is 5. The Kier molecular flexibility index (Phi) is 4.18. The fourth-order valence-electron chi connectivity index (χ4n) is 2.68. The predicted octanol–water partition coefficient (Wildman–Crippen LogP) is 2.71. The Morgan fingerprint density at radius 1 is 1.24 bits per heavy atom. The number of hydrogen-bond acceptors (Lipinski definition) is 1. The zero-order valence-corrected chi connectivity index (χ0v) is 10.5. The number of hydrogen-bond donors (Lipinski definition) is 1. The van der Waals surface area contributed by atoms with Gasteiger partial charge in [-0.05, 0) is 42.7 Å². The lowest BCUT2D eigenvalue weighted by Gasteiger charge is -2.08. The van der Waals surface area contributed by atoms with Gasteiger partial charge in [0.05, 0.1) is 0 Å². The second kappa shape index (κ2) is 5.85. The van der Waals surface area contributed by atoms with E-state index in [1.54, 1.807) is 18.1 Å². The molecule has 0 unspecified atom stereocenters. The zero-order valence-electron chi connectivity index (χ0n) is 10.5. The van der Waals surface area contributed by atoms with Crippen molar-refractivity contribution in [3.63, 3.8) is 0 Å². The maximum absolute atomic E-state index is 10.7. The second-order valence-corrected chi connectivity index (χ2v) is 5.02. The summed E-state index contributed by atoms with van der Waals surface area (Å²) in [6, 6.07) is 8.79. The van der Waals surface area contributed by atoms with Crippen molar-refractivity contribution >= 4 is 5.91 Å². The van der Waals surface area contributed by atoms with E-state index in [1.807, 2.05) is 0 Å². The lowest BCUT2D eigenvalue weighted by molar-refractivity contribution is -0.118. The van der Waals surface area contributed by atoms with E-state index in [9.17, 15) is 4.79 Å². The van der Waals surface area contributed by atoms with Crippen LogP contribution in [0.1, 0.15) is 37.3 Å². The van der Waals surface area contributed by atoms with Crippen LogP contribution >= 0.6 is 0 Å². The van der Waals surface area contributed by atoms with Crippen molar-refractivity contribution in [2.45, 2.75) is 39.0 Å². The Balaban J connectivity index is 1.65. The Morgan fingerprint density at radius 2 is 1.88 bits per heavy atom. The molecular weight excluding hydrogens is 210 g/mol. The van der Waals surface area contributed by atoms with E-state index >= 15 is 0 Å². The van der Waals surface area contributed by atoms with E-state index in [1.165, 1.54) is 25.7 Å². The normalized spacial score (nSPS) is 14.6. The van der Waals surface area contributed by atoms with Gasteiger partial charge in [-0.15, -0.1) is 0 Å². The predicted molar refractivity (Wildman–Crippen MR) is 69.9 cm³/mol. The average Bonchev–Trinajstić information content (AvgIpc) is 2.70. The van der Waals surface area contributed by atoms with Gasteiger partial charge in [0.15, 0.2) is 0 Å². The van der Waals surface area contributed by atoms with Crippen LogP contribution in [0.5, 0.6) is 0 Å². The molecule has 0 fully saturated rings. The summed E-state index contributed by atoms with van der Waals surface area (Å²) in [4.78, 5) is 10.7. The first-order chi connectivity index (χ1) is 8.25. The third kappa shape index (κ3) is 3.58. The molecule has 0 saturated heterocycles. The standard InChI is InChI=1S/C15H21NO/c1-12(17)16-9-5-4-6-13-10-14-7-2-3-8-15(14)11-13/h2-3,7-8,13H,4-6,9-11H2,1H3,(H,16,17). The van der Waals surface area contributed by atoms with Gasteiger partial charge in [-0.1, -0.05) is 30.7 Å². The monoisotopic (exact) mass is 231 g/mol. The van der Waals surface area contributed by atoms with Crippen molar-refractivity contribution in [3.8, 4) is 0 Å². The number of amides is 1. The molecule has 1 aromatic rings. The van der Waals surface area contributed by atoms with Gasteiger partial charge in [0.2, 0.25) is 5.91 Å². The minimum atomic E-state index is 0.0817. The van der Waals surface area contributed by atoms with Gasteiger partial charge < -0.3 is 5.32 Å². The van der Waals surface area contributed by atoms with Crippen LogP contribution in [0.4, 0.5) is 0 Å². The number of fused-ring (bicyclic) bond motifs is 1. The lowest BCUT2D eigenvalue weighted by atomic mass is 9.99. The molecular formula is C15H21NO. The van der Waals surface area contributed by atoms with Crippen LogP contribution in [0.2, 0.25) is 0 Å². The maximum Gasteiger partial charge on any atom is 0.216 e. The molecule has 2 heteroatoms. The van der Waals surface area contributed by atoms with Crippen molar-refractivity contribution in [3.05, 3.63) is 35.4 Å². The first kappa shape index (κ1) is 12.2. The van der Waals surface area contributed by atoms with Crippen LogP contribution in [0.15, 0.2) is 24.3 Å². The summed E-state index contributed by atoms with van der Waals surface area (Å²) in [6.07, 6.45) is 6.10. The van der Waals surface area contributed by atoms with E-state index < -0.39 is 0 Å². The maximum atomic E-state index is 10.7. The topological polar surface area (TPSA) is 29.1 Å². The van der Waals surface area contributed by atoms with Crippen LogP contribution in [-0.4, -0.2) is 12.5 Å². The fraction of sp³-hybridized carbons (Fsp3) is 0.533. The first-order valence-electron chi connectivity index (χ1n) is 6.57. The molecule has 1 aromatic carbocycles. The van der Waals surface area contributed by atoms with E-state index in [4.69, 9.17) is 0 Å². The van der Waals surface area contributed by atoms with Gasteiger partial charge in [-0.25, -0.2) is 0 Å². The molecule has 0 atom stereocenters. The Hall–Kier alpha value is -1.31. The van der Waals surface area contributed by atoms with Gasteiger partial charge in [-0.2, -0.15) is 0 Å². The highest BCUT2D eigenvalue weighted by molar-refractivity contribution is 5.72. The average molecular weight is 231 g/mol. The summed E-state index contributed by atoms with van der Waals surface area (Å²) in [7, 11) is 0. The molecule has 0 heterocycles. The molecule has 1 aliphatic rings. The molecule has 0 bridgehead atoms. The molecule has 2 rings (SSSR count). The quantitative estimate of drug-likeness (QED) is 0.776. The Labute approximate surface area is 103 Å². The molecule has 0 spiro atoms. The van der Waals surface area contributed by atoms with E-state index in [2.05, 4.69) is 29.6 Å². The zero-order chi connectivity index (χ0) is 12.1. The molecule has 1 amide bonds. The van der Waals surface area contributed by atoms with E-state index in [-0.39, 0.29) is 5.91 Å². The van der Waals surface area contributed by atoms with Gasteiger partial charge in [0.1, 0.15) is 0 Å². The number of benzene rings is 1. The third-order valence-electron chi connectivity index (χ3n) is 3.55. The molecule has 2 nitrogen and oxygen atoms in total. The molecule has 92 valence electrons. The third-order valence-corrected chi connectivity index (χ3v) is 3.55. The number of carbonyl (C=O) groups is 1. The van der Waals surface area contributed by atoms with Crippen molar-refractivity contribution in [1.82, 2.24) is 5.32 Å². The molecule has 1 N–H and O–H groups in total. The molecule has 0 radical (unpaired) electrons. The van der Waals surface area contributed by atoms with Gasteiger partial charge in [0.25, 0.3) is 0 Å². The Morgan fingerprint density at radius 3 is 2.47 bits per heavy atom. The number of nitrogens with one attached hydrogen (secondary N) is 1. The van der Waals surface area contributed by atoms with E-state index in [0.717, 1.165) is 18.9 Å². The van der Waals surface area contributed by atoms with Crippen LogP contribution in [-0.2, 0) is 17.6 Å². The number of carbonyl (C=O) groups excluding carboxylic acids is 1. The summed E-state index contributed by atoms with van der Waals surface area (Å²) >= 11 is 0. The largest absolute Gasteiger partial charge is 0.356 e. The second-order valence-electron chi connectivity index (χ2n) is 5.02. The first-order valence-corrected chi connectivity index (χ1v) is 6.57. The molecule has 0 aromatic heterocycles. The summed E-state index contributed by atoms with van der Waals surface area (Å²) in [5.41, 5.74) is 3.08. The van der Waals surface area contributed by atoms with Crippen LogP contribution in [0.3, 0.4) is 0 Å². The van der Waals surface area contributed by atoms with Crippen molar-refractivity contribution < 1.29 is 4.79 Å². The summed E-state index contributed by atoms with van der Waals surface area (Å²) < 4.78 is 0. The van der Waals surface area contributed by atoms with Crippen molar-refractivity contribution in [2.75, 3.05) is 6.54 Å². The molecule has 0 aliphatic heterocycles. The SMILES string of the molecule is CC(=O)NCCCCC1Cc2ccccc2C1. The van der Waals surface area contributed by atoms with Crippen LogP contribution < -0.4 is 5.32 Å². The number of unbranched alkanes of at least 4 members (excludes halogenated alkanes) is 1. The van der Waals surface area contributed by atoms with Crippen molar-refractivity contribution in [2.24, 2.45) is 5.92 Å².